The van der Waals surface area contributed by atoms with Crippen molar-refractivity contribution in [3.63, 3.8) is 0 Å². The fourth-order valence-electron chi connectivity index (χ4n) is 2.03. The first-order valence-corrected chi connectivity index (χ1v) is 6.81. The Morgan fingerprint density at radius 1 is 1.24 bits per heavy atom. The SMILES string of the molecule is Cc1cc(NC(=O)C(C(N)=S)c2ccccc2)ccc1F. The minimum atomic E-state index is -0.716. The zero-order valence-corrected chi connectivity index (χ0v) is 12.3. The number of nitrogens with two attached hydrogens (primary N) is 1. The number of amides is 1. The van der Waals surface area contributed by atoms with Gasteiger partial charge in [-0.25, -0.2) is 4.39 Å². The Labute approximate surface area is 128 Å². The van der Waals surface area contributed by atoms with Crippen LogP contribution in [-0.4, -0.2) is 10.9 Å². The van der Waals surface area contributed by atoms with Crippen LogP contribution in [0.3, 0.4) is 0 Å². The van der Waals surface area contributed by atoms with Gasteiger partial charge < -0.3 is 11.1 Å². The second kappa shape index (κ2) is 6.45. The number of hydrogen-bond donors (Lipinski definition) is 2. The topological polar surface area (TPSA) is 55.1 Å². The summed E-state index contributed by atoms with van der Waals surface area (Å²) in [5, 5.41) is 2.72. The molecule has 1 unspecified atom stereocenters. The molecule has 0 fully saturated rings. The summed E-state index contributed by atoms with van der Waals surface area (Å²) in [6.07, 6.45) is 0. The zero-order valence-electron chi connectivity index (χ0n) is 11.5. The van der Waals surface area contributed by atoms with E-state index in [0.717, 1.165) is 5.56 Å². The van der Waals surface area contributed by atoms with Gasteiger partial charge in [0, 0.05) is 5.69 Å². The Bertz CT molecular complexity index is 673. The van der Waals surface area contributed by atoms with Crippen LogP contribution in [0.2, 0.25) is 0 Å². The molecule has 0 bridgehead atoms. The predicted molar refractivity (Wildman–Crippen MR) is 85.7 cm³/mol. The van der Waals surface area contributed by atoms with Gasteiger partial charge in [0.25, 0.3) is 0 Å². The molecule has 108 valence electrons. The lowest BCUT2D eigenvalue weighted by Gasteiger charge is -2.16. The van der Waals surface area contributed by atoms with Crippen molar-refractivity contribution in [1.29, 1.82) is 0 Å². The lowest BCUT2D eigenvalue weighted by Crippen LogP contribution is -2.31. The van der Waals surface area contributed by atoms with Crippen LogP contribution in [0.25, 0.3) is 0 Å². The van der Waals surface area contributed by atoms with Crippen LogP contribution in [0, 0.1) is 12.7 Å². The summed E-state index contributed by atoms with van der Waals surface area (Å²) < 4.78 is 13.2. The average molecular weight is 302 g/mol. The molecule has 0 heterocycles. The van der Waals surface area contributed by atoms with Gasteiger partial charge in [0.15, 0.2) is 0 Å². The van der Waals surface area contributed by atoms with Crippen molar-refractivity contribution >= 4 is 28.8 Å². The molecule has 2 rings (SSSR count). The lowest BCUT2D eigenvalue weighted by molar-refractivity contribution is -0.116. The van der Waals surface area contributed by atoms with Crippen molar-refractivity contribution in [2.45, 2.75) is 12.8 Å². The fraction of sp³-hybridized carbons (Fsp3) is 0.125. The molecule has 0 radical (unpaired) electrons. The quantitative estimate of drug-likeness (QED) is 0.853. The highest BCUT2D eigenvalue weighted by molar-refractivity contribution is 7.80. The number of thiocarbonyl (C=S) groups is 1. The van der Waals surface area contributed by atoms with E-state index in [1.807, 2.05) is 18.2 Å². The molecule has 1 amide bonds. The second-order valence-electron chi connectivity index (χ2n) is 4.70. The molecule has 0 saturated heterocycles. The van der Waals surface area contributed by atoms with Gasteiger partial charge in [0.1, 0.15) is 11.7 Å². The predicted octanol–water partition coefficient (Wildman–Crippen LogP) is 3.14. The van der Waals surface area contributed by atoms with Gasteiger partial charge in [0.2, 0.25) is 5.91 Å². The maximum atomic E-state index is 13.2. The van der Waals surface area contributed by atoms with Crippen molar-refractivity contribution in [2.75, 3.05) is 5.32 Å². The molecule has 0 aliphatic carbocycles. The summed E-state index contributed by atoms with van der Waals surface area (Å²) in [5.41, 5.74) is 7.38. The third-order valence-electron chi connectivity index (χ3n) is 3.11. The number of rotatable bonds is 4. The molecule has 0 saturated carbocycles. The Morgan fingerprint density at radius 3 is 2.48 bits per heavy atom. The summed E-state index contributed by atoms with van der Waals surface area (Å²) in [6.45, 7) is 1.63. The van der Waals surface area contributed by atoms with E-state index in [0.29, 0.717) is 11.3 Å². The monoisotopic (exact) mass is 302 g/mol. The smallest absolute Gasteiger partial charge is 0.238 e. The summed E-state index contributed by atoms with van der Waals surface area (Å²) in [6, 6.07) is 13.4. The van der Waals surface area contributed by atoms with Crippen molar-refractivity contribution in [3.05, 3.63) is 65.5 Å². The molecule has 2 aromatic rings. The molecular weight excluding hydrogens is 287 g/mol. The van der Waals surface area contributed by atoms with Gasteiger partial charge in [-0.1, -0.05) is 42.5 Å². The largest absolute Gasteiger partial charge is 0.392 e. The molecular formula is C16H15FN2OS. The van der Waals surface area contributed by atoms with E-state index in [9.17, 15) is 9.18 Å². The third kappa shape index (κ3) is 3.64. The van der Waals surface area contributed by atoms with Crippen molar-refractivity contribution < 1.29 is 9.18 Å². The lowest BCUT2D eigenvalue weighted by atomic mass is 9.98. The van der Waals surface area contributed by atoms with Crippen LogP contribution >= 0.6 is 12.2 Å². The van der Waals surface area contributed by atoms with Crippen molar-refractivity contribution in [1.82, 2.24) is 0 Å². The first-order valence-electron chi connectivity index (χ1n) is 6.40. The standard InChI is InChI=1S/C16H15FN2OS/c1-10-9-12(7-8-13(10)17)19-16(20)14(15(18)21)11-5-3-2-4-6-11/h2-9,14H,1H3,(H2,18,21)(H,19,20). The maximum Gasteiger partial charge on any atom is 0.238 e. The second-order valence-corrected chi connectivity index (χ2v) is 5.17. The normalized spacial score (nSPS) is 11.7. The number of hydrogen-bond acceptors (Lipinski definition) is 2. The number of benzene rings is 2. The van der Waals surface area contributed by atoms with E-state index in [1.54, 1.807) is 25.1 Å². The summed E-state index contributed by atoms with van der Waals surface area (Å²) in [5.74, 6) is -1.37. The summed E-state index contributed by atoms with van der Waals surface area (Å²) >= 11 is 4.99. The van der Waals surface area contributed by atoms with E-state index >= 15 is 0 Å². The minimum Gasteiger partial charge on any atom is -0.392 e. The Morgan fingerprint density at radius 2 is 1.90 bits per heavy atom. The molecule has 21 heavy (non-hydrogen) atoms. The summed E-state index contributed by atoms with van der Waals surface area (Å²) in [7, 11) is 0. The third-order valence-corrected chi connectivity index (χ3v) is 3.34. The van der Waals surface area contributed by atoms with E-state index in [1.165, 1.54) is 12.1 Å². The maximum absolute atomic E-state index is 13.2. The molecule has 3 nitrogen and oxygen atoms in total. The van der Waals surface area contributed by atoms with Gasteiger partial charge >= 0.3 is 0 Å². The van der Waals surface area contributed by atoms with Crippen LogP contribution in [0.1, 0.15) is 17.0 Å². The van der Waals surface area contributed by atoms with E-state index < -0.39 is 5.92 Å². The first kappa shape index (κ1) is 15.1. The van der Waals surface area contributed by atoms with Crippen LogP contribution < -0.4 is 11.1 Å². The highest BCUT2D eigenvalue weighted by Crippen LogP contribution is 2.20. The highest BCUT2D eigenvalue weighted by atomic mass is 32.1. The molecule has 0 aliphatic heterocycles. The molecule has 1 atom stereocenters. The van der Waals surface area contributed by atoms with Crippen molar-refractivity contribution in [3.8, 4) is 0 Å². The molecule has 0 spiro atoms. The zero-order chi connectivity index (χ0) is 15.4. The molecule has 0 aromatic heterocycles. The van der Waals surface area contributed by atoms with E-state index in [2.05, 4.69) is 5.32 Å². The first-order chi connectivity index (χ1) is 9.99. The molecule has 0 aliphatic rings. The van der Waals surface area contributed by atoms with Gasteiger partial charge in [-0.2, -0.15) is 0 Å². The number of halogens is 1. The Kier molecular flexibility index (Phi) is 4.65. The van der Waals surface area contributed by atoms with Crippen LogP contribution in [-0.2, 0) is 4.79 Å². The number of anilines is 1. The van der Waals surface area contributed by atoms with E-state index in [4.69, 9.17) is 18.0 Å². The Balaban J connectivity index is 2.24. The fourth-order valence-corrected chi connectivity index (χ4v) is 2.27. The average Bonchev–Trinajstić information content (AvgIpc) is 2.44. The number of carbonyl (C=O) groups excluding carboxylic acids is 1. The van der Waals surface area contributed by atoms with Gasteiger partial charge in [0.05, 0.1) is 4.99 Å². The number of carbonyl (C=O) groups is 1. The molecule has 5 heteroatoms. The van der Waals surface area contributed by atoms with Crippen molar-refractivity contribution in [2.24, 2.45) is 5.73 Å². The van der Waals surface area contributed by atoms with Gasteiger partial charge in [-0.3, -0.25) is 4.79 Å². The number of nitrogens with one attached hydrogen (secondary N) is 1. The van der Waals surface area contributed by atoms with Gasteiger partial charge in [-0.15, -0.1) is 0 Å². The number of aryl methyl sites for hydroxylation is 1. The van der Waals surface area contributed by atoms with Crippen LogP contribution in [0.5, 0.6) is 0 Å². The van der Waals surface area contributed by atoms with Gasteiger partial charge in [-0.05, 0) is 36.2 Å². The summed E-state index contributed by atoms with van der Waals surface area (Å²) in [4.78, 5) is 12.5. The van der Waals surface area contributed by atoms with E-state index in [-0.39, 0.29) is 16.7 Å². The molecule has 3 N–H and O–H groups in total. The minimum absolute atomic E-state index is 0.0949. The highest BCUT2D eigenvalue weighted by Gasteiger charge is 2.23. The van der Waals surface area contributed by atoms with Crippen LogP contribution in [0.15, 0.2) is 48.5 Å². The molecule has 2 aromatic carbocycles. The Hall–Kier alpha value is -2.27. The van der Waals surface area contributed by atoms with Crippen LogP contribution in [0.4, 0.5) is 10.1 Å².